The molecule has 2 aromatic rings. The fourth-order valence-corrected chi connectivity index (χ4v) is 2.86. The first-order valence-corrected chi connectivity index (χ1v) is 8.70. The maximum atomic E-state index is 9.33. The standard InChI is InChI=1S/C19H23N3O3/c1-3-23-15-4-6-16(7-5-15)24-13-18-21-17(12-20)19(25-18)22-10-8-14(2)9-11-22/h4-7,14H,3,8-11,13H2,1-2H3. The zero-order chi connectivity index (χ0) is 17.6. The molecular weight excluding hydrogens is 318 g/mol. The number of nitriles is 1. The molecule has 6 nitrogen and oxygen atoms in total. The van der Waals surface area contributed by atoms with E-state index in [-0.39, 0.29) is 6.61 Å². The molecule has 0 spiro atoms. The Kier molecular flexibility index (Phi) is 5.44. The summed E-state index contributed by atoms with van der Waals surface area (Å²) in [6.07, 6.45) is 2.20. The van der Waals surface area contributed by atoms with E-state index in [1.165, 1.54) is 0 Å². The van der Waals surface area contributed by atoms with Crippen molar-refractivity contribution in [1.82, 2.24) is 4.98 Å². The number of aromatic nitrogens is 1. The molecule has 2 heterocycles. The average Bonchev–Trinajstić information content (AvgIpc) is 3.05. The molecule has 0 amide bonds. The van der Waals surface area contributed by atoms with E-state index in [0.717, 1.165) is 31.7 Å². The van der Waals surface area contributed by atoms with Crippen LogP contribution in [0.3, 0.4) is 0 Å². The molecule has 0 aliphatic carbocycles. The predicted molar refractivity (Wildman–Crippen MR) is 93.8 cm³/mol. The van der Waals surface area contributed by atoms with E-state index in [9.17, 15) is 5.26 Å². The van der Waals surface area contributed by atoms with Crippen LogP contribution >= 0.6 is 0 Å². The topological polar surface area (TPSA) is 71.5 Å². The van der Waals surface area contributed by atoms with Gasteiger partial charge in [-0.2, -0.15) is 10.2 Å². The van der Waals surface area contributed by atoms with E-state index in [0.29, 0.717) is 35.7 Å². The minimum atomic E-state index is 0.187. The zero-order valence-electron chi connectivity index (χ0n) is 14.7. The number of nitrogens with zero attached hydrogens (tertiary/aromatic N) is 3. The van der Waals surface area contributed by atoms with Gasteiger partial charge in [-0.15, -0.1) is 0 Å². The van der Waals surface area contributed by atoms with Crippen molar-refractivity contribution in [2.24, 2.45) is 5.92 Å². The molecule has 0 radical (unpaired) electrons. The quantitative estimate of drug-likeness (QED) is 0.796. The van der Waals surface area contributed by atoms with Crippen molar-refractivity contribution in [2.75, 3.05) is 24.6 Å². The summed E-state index contributed by atoms with van der Waals surface area (Å²) in [5.41, 5.74) is 0.333. The van der Waals surface area contributed by atoms with Gasteiger partial charge >= 0.3 is 0 Å². The number of benzene rings is 1. The van der Waals surface area contributed by atoms with Gasteiger partial charge in [-0.25, -0.2) is 0 Å². The minimum absolute atomic E-state index is 0.187. The van der Waals surface area contributed by atoms with Crippen LogP contribution in [0.5, 0.6) is 11.5 Å². The Bertz CT molecular complexity index is 725. The van der Waals surface area contributed by atoms with E-state index < -0.39 is 0 Å². The summed E-state index contributed by atoms with van der Waals surface area (Å²) >= 11 is 0. The molecule has 1 fully saturated rings. The molecule has 0 bridgehead atoms. The van der Waals surface area contributed by atoms with E-state index >= 15 is 0 Å². The van der Waals surface area contributed by atoms with Crippen LogP contribution in [0.25, 0.3) is 0 Å². The lowest BCUT2D eigenvalue weighted by molar-refractivity contribution is 0.262. The van der Waals surface area contributed by atoms with Crippen LogP contribution in [0.1, 0.15) is 38.3 Å². The van der Waals surface area contributed by atoms with Gasteiger partial charge < -0.3 is 18.8 Å². The van der Waals surface area contributed by atoms with Crippen molar-refractivity contribution in [3.63, 3.8) is 0 Å². The van der Waals surface area contributed by atoms with E-state index in [2.05, 4.69) is 22.9 Å². The van der Waals surface area contributed by atoms with Crippen LogP contribution in [0.4, 0.5) is 5.88 Å². The Hall–Kier alpha value is -2.68. The number of hydrogen-bond donors (Lipinski definition) is 0. The molecule has 25 heavy (non-hydrogen) atoms. The molecular formula is C19H23N3O3. The monoisotopic (exact) mass is 341 g/mol. The number of rotatable bonds is 6. The second-order valence-corrected chi connectivity index (χ2v) is 6.24. The van der Waals surface area contributed by atoms with Gasteiger partial charge in [0.15, 0.2) is 6.61 Å². The maximum absolute atomic E-state index is 9.33. The number of anilines is 1. The van der Waals surface area contributed by atoms with Crippen molar-refractivity contribution >= 4 is 5.88 Å². The van der Waals surface area contributed by atoms with Gasteiger partial charge in [0, 0.05) is 13.1 Å². The summed E-state index contributed by atoms with van der Waals surface area (Å²) in [5, 5.41) is 9.33. The maximum Gasteiger partial charge on any atom is 0.236 e. The largest absolute Gasteiger partial charge is 0.494 e. The van der Waals surface area contributed by atoms with Crippen LogP contribution in [0.2, 0.25) is 0 Å². The Morgan fingerprint density at radius 2 is 1.84 bits per heavy atom. The molecule has 1 aromatic heterocycles. The Balaban J connectivity index is 1.64. The van der Waals surface area contributed by atoms with Crippen molar-refractivity contribution in [2.45, 2.75) is 33.3 Å². The highest BCUT2D eigenvalue weighted by Gasteiger charge is 2.23. The molecule has 6 heteroatoms. The van der Waals surface area contributed by atoms with Crippen molar-refractivity contribution in [3.05, 3.63) is 35.9 Å². The molecule has 1 saturated heterocycles. The SMILES string of the molecule is CCOc1ccc(OCc2nc(C#N)c(N3CCC(C)CC3)o2)cc1. The predicted octanol–water partition coefficient (Wildman–Crippen LogP) is 3.76. The lowest BCUT2D eigenvalue weighted by Crippen LogP contribution is -2.32. The Morgan fingerprint density at radius 1 is 1.20 bits per heavy atom. The fraction of sp³-hybridized carbons (Fsp3) is 0.474. The first kappa shape index (κ1) is 17.2. The van der Waals surface area contributed by atoms with E-state index in [1.54, 1.807) is 0 Å². The first-order chi connectivity index (χ1) is 12.2. The second kappa shape index (κ2) is 7.93. The molecule has 0 unspecified atom stereocenters. The molecule has 1 aliphatic heterocycles. The number of hydrogen-bond acceptors (Lipinski definition) is 6. The molecule has 0 atom stereocenters. The lowest BCUT2D eigenvalue weighted by Gasteiger charge is -2.29. The van der Waals surface area contributed by atoms with Crippen LogP contribution < -0.4 is 14.4 Å². The highest BCUT2D eigenvalue weighted by molar-refractivity contribution is 5.48. The van der Waals surface area contributed by atoms with Crippen LogP contribution in [0, 0.1) is 17.2 Å². The summed E-state index contributed by atoms with van der Waals surface area (Å²) in [4.78, 5) is 6.37. The third-order valence-corrected chi connectivity index (χ3v) is 4.33. The summed E-state index contributed by atoms with van der Waals surface area (Å²) in [7, 11) is 0. The highest BCUT2D eigenvalue weighted by Crippen LogP contribution is 2.27. The normalized spacial score (nSPS) is 15.0. The molecule has 3 rings (SSSR count). The van der Waals surface area contributed by atoms with E-state index in [4.69, 9.17) is 13.9 Å². The average molecular weight is 341 g/mol. The van der Waals surface area contributed by atoms with Crippen molar-refractivity contribution in [1.29, 1.82) is 5.26 Å². The molecule has 0 N–H and O–H groups in total. The van der Waals surface area contributed by atoms with Crippen LogP contribution in [0.15, 0.2) is 28.7 Å². The summed E-state index contributed by atoms with van der Waals surface area (Å²) in [5.74, 6) is 3.21. The number of ether oxygens (including phenoxy) is 2. The third-order valence-electron chi connectivity index (χ3n) is 4.33. The molecule has 0 saturated carbocycles. The van der Waals surface area contributed by atoms with Gasteiger partial charge in [0.2, 0.25) is 17.5 Å². The fourth-order valence-electron chi connectivity index (χ4n) is 2.86. The van der Waals surface area contributed by atoms with Crippen LogP contribution in [-0.2, 0) is 6.61 Å². The minimum Gasteiger partial charge on any atom is -0.494 e. The smallest absolute Gasteiger partial charge is 0.236 e. The van der Waals surface area contributed by atoms with Gasteiger partial charge in [0.1, 0.15) is 17.6 Å². The van der Waals surface area contributed by atoms with E-state index in [1.807, 2.05) is 31.2 Å². The van der Waals surface area contributed by atoms with Gasteiger partial charge in [-0.05, 0) is 49.9 Å². The summed E-state index contributed by atoms with van der Waals surface area (Å²) in [6, 6.07) is 9.52. The number of piperidine rings is 1. The Labute approximate surface area is 148 Å². The summed E-state index contributed by atoms with van der Waals surface area (Å²) < 4.78 is 16.9. The molecule has 1 aromatic carbocycles. The summed E-state index contributed by atoms with van der Waals surface area (Å²) in [6.45, 7) is 6.80. The van der Waals surface area contributed by atoms with Crippen molar-refractivity contribution < 1.29 is 13.9 Å². The van der Waals surface area contributed by atoms with Crippen molar-refractivity contribution in [3.8, 4) is 17.6 Å². The molecule has 132 valence electrons. The lowest BCUT2D eigenvalue weighted by atomic mass is 9.99. The Morgan fingerprint density at radius 3 is 2.44 bits per heavy atom. The zero-order valence-corrected chi connectivity index (χ0v) is 14.7. The molecule has 1 aliphatic rings. The van der Waals surface area contributed by atoms with Crippen LogP contribution in [-0.4, -0.2) is 24.7 Å². The third kappa shape index (κ3) is 4.24. The van der Waals surface area contributed by atoms with Gasteiger partial charge in [0.05, 0.1) is 6.61 Å². The second-order valence-electron chi connectivity index (χ2n) is 6.24. The van der Waals surface area contributed by atoms with Gasteiger partial charge in [-0.3, -0.25) is 0 Å². The highest BCUT2D eigenvalue weighted by atomic mass is 16.5. The van der Waals surface area contributed by atoms with Gasteiger partial charge in [-0.1, -0.05) is 6.92 Å². The first-order valence-electron chi connectivity index (χ1n) is 8.70. The number of oxazole rings is 1. The van der Waals surface area contributed by atoms with Gasteiger partial charge in [0.25, 0.3) is 0 Å².